The molecule has 0 saturated heterocycles. The van der Waals surface area contributed by atoms with Crippen LogP contribution < -0.4 is 11.1 Å². The lowest BCUT2D eigenvalue weighted by atomic mass is 10.1. The van der Waals surface area contributed by atoms with Gasteiger partial charge in [0, 0.05) is 11.6 Å². The van der Waals surface area contributed by atoms with Crippen LogP contribution in [0.25, 0.3) is 0 Å². The van der Waals surface area contributed by atoms with Gasteiger partial charge in [-0.3, -0.25) is 4.79 Å². The Kier molecular flexibility index (Phi) is 4.35. The van der Waals surface area contributed by atoms with Crippen LogP contribution >= 0.6 is 11.6 Å². The number of nitrogens with two attached hydrogens (primary N) is 1. The Balaban J connectivity index is 1.73. The van der Waals surface area contributed by atoms with E-state index in [2.05, 4.69) is 15.4 Å². The molecule has 0 saturated carbocycles. The predicted octanol–water partition coefficient (Wildman–Crippen LogP) is 0.873. The number of carbonyl (C=O) groups is 1. The fourth-order valence-corrected chi connectivity index (χ4v) is 1.71. The van der Waals surface area contributed by atoms with Gasteiger partial charge in [-0.15, -0.1) is 5.10 Å². The summed E-state index contributed by atoms with van der Waals surface area (Å²) in [7, 11) is 0. The van der Waals surface area contributed by atoms with Crippen molar-refractivity contribution in [3.8, 4) is 0 Å². The highest BCUT2D eigenvalue weighted by molar-refractivity contribution is 6.30. The molecule has 2 rings (SSSR count). The molecule has 0 radical (unpaired) electrons. The predicted molar refractivity (Wildman–Crippen MR) is 72.6 cm³/mol. The Bertz CT molecular complexity index is 552. The van der Waals surface area contributed by atoms with Gasteiger partial charge in [0.2, 0.25) is 11.9 Å². The topological polar surface area (TPSA) is 85.8 Å². The number of amides is 1. The average Bonchev–Trinajstić information content (AvgIpc) is 2.77. The van der Waals surface area contributed by atoms with Crippen molar-refractivity contribution in [3.05, 3.63) is 41.2 Å². The second kappa shape index (κ2) is 6.19. The molecule has 2 aromatic rings. The maximum atomic E-state index is 11.6. The zero-order valence-corrected chi connectivity index (χ0v) is 11.0. The van der Waals surface area contributed by atoms with Crippen LogP contribution in [0, 0.1) is 0 Å². The van der Waals surface area contributed by atoms with Crippen molar-refractivity contribution < 1.29 is 4.79 Å². The van der Waals surface area contributed by atoms with Gasteiger partial charge in [0.25, 0.3) is 0 Å². The minimum absolute atomic E-state index is 0.116. The van der Waals surface area contributed by atoms with Gasteiger partial charge in [-0.25, -0.2) is 9.67 Å². The molecule has 0 aliphatic heterocycles. The number of rotatable bonds is 5. The lowest BCUT2D eigenvalue weighted by Crippen LogP contribution is -2.29. The summed E-state index contributed by atoms with van der Waals surface area (Å²) in [6, 6.07) is 7.53. The molecule has 1 amide bonds. The SMILES string of the molecule is Nc1ncn(CC(=O)NCCc2ccc(Cl)cc2)n1. The summed E-state index contributed by atoms with van der Waals surface area (Å²) in [5.41, 5.74) is 6.48. The van der Waals surface area contributed by atoms with Gasteiger partial charge in [-0.2, -0.15) is 0 Å². The molecular weight excluding hydrogens is 266 g/mol. The maximum Gasteiger partial charge on any atom is 0.241 e. The number of nitrogen functional groups attached to an aromatic ring is 1. The van der Waals surface area contributed by atoms with E-state index in [-0.39, 0.29) is 18.4 Å². The first-order valence-corrected chi connectivity index (χ1v) is 6.17. The molecule has 0 bridgehead atoms. The summed E-state index contributed by atoms with van der Waals surface area (Å²) < 4.78 is 1.40. The second-order valence-electron chi connectivity index (χ2n) is 4.03. The molecule has 1 aromatic carbocycles. The van der Waals surface area contributed by atoms with Gasteiger partial charge in [0.15, 0.2) is 0 Å². The molecule has 100 valence electrons. The third-order valence-electron chi connectivity index (χ3n) is 2.51. The zero-order chi connectivity index (χ0) is 13.7. The van der Waals surface area contributed by atoms with E-state index in [0.29, 0.717) is 11.6 Å². The van der Waals surface area contributed by atoms with Gasteiger partial charge in [0.05, 0.1) is 0 Å². The monoisotopic (exact) mass is 279 g/mol. The third kappa shape index (κ3) is 4.26. The van der Waals surface area contributed by atoms with Crippen molar-refractivity contribution in [1.29, 1.82) is 0 Å². The van der Waals surface area contributed by atoms with Crippen LogP contribution in [-0.2, 0) is 17.8 Å². The number of halogens is 1. The normalized spacial score (nSPS) is 10.4. The summed E-state index contributed by atoms with van der Waals surface area (Å²) in [5, 5.41) is 7.34. The molecule has 3 N–H and O–H groups in total. The number of nitrogens with one attached hydrogen (secondary N) is 1. The number of hydrogen-bond acceptors (Lipinski definition) is 4. The highest BCUT2D eigenvalue weighted by Crippen LogP contribution is 2.09. The Morgan fingerprint density at radius 2 is 2.11 bits per heavy atom. The summed E-state index contributed by atoms with van der Waals surface area (Å²) >= 11 is 5.79. The summed E-state index contributed by atoms with van der Waals surface area (Å²) in [4.78, 5) is 15.3. The van der Waals surface area contributed by atoms with E-state index < -0.39 is 0 Å². The summed E-state index contributed by atoms with van der Waals surface area (Å²) in [5.74, 6) is 0.0350. The van der Waals surface area contributed by atoms with E-state index >= 15 is 0 Å². The Morgan fingerprint density at radius 3 is 2.74 bits per heavy atom. The van der Waals surface area contributed by atoms with E-state index in [4.69, 9.17) is 17.3 Å². The van der Waals surface area contributed by atoms with Crippen LogP contribution in [0.5, 0.6) is 0 Å². The van der Waals surface area contributed by atoms with Crippen molar-refractivity contribution in [1.82, 2.24) is 20.1 Å². The van der Waals surface area contributed by atoms with Gasteiger partial charge in [-0.05, 0) is 24.1 Å². The highest BCUT2D eigenvalue weighted by atomic mass is 35.5. The van der Waals surface area contributed by atoms with Crippen LogP contribution in [0.3, 0.4) is 0 Å². The van der Waals surface area contributed by atoms with E-state index in [0.717, 1.165) is 12.0 Å². The first-order chi connectivity index (χ1) is 9.13. The molecule has 0 atom stereocenters. The smallest absolute Gasteiger partial charge is 0.241 e. The van der Waals surface area contributed by atoms with Gasteiger partial charge in [-0.1, -0.05) is 23.7 Å². The largest absolute Gasteiger partial charge is 0.367 e. The number of anilines is 1. The molecule has 7 heteroatoms. The van der Waals surface area contributed by atoms with Crippen molar-refractivity contribution in [2.45, 2.75) is 13.0 Å². The highest BCUT2D eigenvalue weighted by Gasteiger charge is 2.04. The van der Waals surface area contributed by atoms with Gasteiger partial charge in [0.1, 0.15) is 12.9 Å². The molecule has 19 heavy (non-hydrogen) atoms. The fourth-order valence-electron chi connectivity index (χ4n) is 1.59. The molecule has 0 aliphatic rings. The first kappa shape index (κ1) is 13.4. The Morgan fingerprint density at radius 1 is 1.37 bits per heavy atom. The number of benzene rings is 1. The quantitative estimate of drug-likeness (QED) is 0.850. The zero-order valence-electron chi connectivity index (χ0n) is 10.2. The second-order valence-corrected chi connectivity index (χ2v) is 4.46. The van der Waals surface area contributed by atoms with Crippen LogP contribution in [-0.4, -0.2) is 27.2 Å². The number of hydrogen-bond donors (Lipinski definition) is 2. The van der Waals surface area contributed by atoms with Crippen LogP contribution in [0.4, 0.5) is 5.95 Å². The molecule has 6 nitrogen and oxygen atoms in total. The van der Waals surface area contributed by atoms with E-state index in [1.54, 1.807) is 0 Å². The molecule has 0 spiro atoms. The first-order valence-electron chi connectivity index (χ1n) is 5.79. The van der Waals surface area contributed by atoms with Crippen molar-refractivity contribution in [2.75, 3.05) is 12.3 Å². The maximum absolute atomic E-state index is 11.6. The molecule has 0 aliphatic carbocycles. The minimum atomic E-state index is -0.126. The van der Waals surface area contributed by atoms with Crippen LogP contribution in [0.2, 0.25) is 5.02 Å². The summed E-state index contributed by atoms with van der Waals surface area (Å²) in [6.45, 7) is 0.676. The van der Waals surface area contributed by atoms with E-state index in [1.165, 1.54) is 11.0 Å². The molecule has 1 heterocycles. The molecular formula is C12H14ClN5O. The van der Waals surface area contributed by atoms with Crippen molar-refractivity contribution in [2.24, 2.45) is 0 Å². The van der Waals surface area contributed by atoms with Crippen LogP contribution in [0.1, 0.15) is 5.56 Å². The van der Waals surface area contributed by atoms with Crippen LogP contribution in [0.15, 0.2) is 30.6 Å². The molecule has 0 unspecified atom stereocenters. The Labute approximate surface area is 115 Å². The molecule has 0 fully saturated rings. The summed E-state index contributed by atoms with van der Waals surface area (Å²) in [6.07, 6.45) is 2.18. The standard InChI is InChI=1S/C12H14ClN5O/c13-10-3-1-9(2-4-10)5-6-15-11(19)7-18-8-16-12(14)17-18/h1-4,8H,5-7H2,(H2,14,17)(H,15,19). The fraction of sp³-hybridized carbons (Fsp3) is 0.250. The lowest BCUT2D eigenvalue weighted by molar-refractivity contribution is -0.121. The van der Waals surface area contributed by atoms with Gasteiger partial charge >= 0.3 is 0 Å². The Hall–Kier alpha value is -2.08. The lowest BCUT2D eigenvalue weighted by Gasteiger charge is -2.05. The minimum Gasteiger partial charge on any atom is -0.367 e. The number of aromatic nitrogens is 3. The van der Waals surface area contributed by atoms with Crippen molar-refractivity contribution in [3.63, 3.8) is 0 Å². The van der Waals surface area contributed by atoms with E-state index in [1.807, 2.05) is 24.3 Å². The number of carbonyl (C=O) groups excluding carboxylic acids is 1. The number of nitrogens with zero attached hydrogens (tertiary/aromatic N) is 3. The third-order valence-corrected chi connectivity index (χ3v) is 2.76. The average molecular weight is 280 g/mol. The van der Waals surface area contributed by atoms with Gasteiger partial charge < -0.3 is 11.1 Å². The molecule has 1 aromatic heterocycles. The van der Waals surface area contributed by atoms with Crippen molar-refractivity contribution >= 4 is 23.5 Å². The van der Waals surface area contributed by atoms with E-state index in [9.17, 15) is 4.79 Å².